The Balaban J connectivity index is 1.87. The molecular weight excluding hydrogens is 449 g/mol. The van der Waals surface area contributed by atoms with Crippen molar-refractivity contribution in [1.82, 2.24) is 10.2 Å². The molecule has 4 nitrogen and oxygen atoms in total. The molecule has 1 aliphatic rings. The van der Waals surface area contributed by atoms with E-state index >= 15 is 0 Å². The summed E-state index contributed by atoms with van der Waals surface area (Å²) in [5.41, 5.74) is 0.724. The summed E-state index contributed by atoms with van der Waals surface area (Å²) in [6, 6.07) is 8.51. The second-order valence-corrected chi connectivity index (χ2v) is 9.05. The average Bonchev–Trinajstić information content (AvgIpc) is 3.26. The number of benzene rings is 1. The summed E-state index contributed by atoms with van der Waals surface area (Å²) in [6.45, 7) is -0.249. The summed E-state index contributed by atoms with van der Waals surface area (Å²) in [5, 5.41) is 5.08. The molecule has 0 saturated heterocycles. The van der Waals surface area contributed by atoms with Gasteiger partial charge in [-0.2, -0.15) is 13.2 Å². The molecule has 1 aromatic carbocycles. The first-order chi connectivity index (χ1) is 14.8. The predicted octanol–water partition coefficient (Wildman–Crippen LogP) is 5.53. The Morgan fingerprint density at radius 2 is 1.81 bits per heavy atom. The quantitative estimate of drug-likeness (QED) is 0.576. The highest BCUT2D eigenvalue weighted by atomic mass is 35.5. The van der Waals surface area contributed by atoms with E-state index in [0.29, 0.717) is 14.8 Å². The van der Waals surface area contributed by atoms with Crippen LogP contribution >= 0.6 is 22.9 Å². The summed E-state index contributed by atoms with van der Waals surface area (Å²) >= 11 is 7.03. The van der Waals surface area contributed by atoms with Crippen LogP contribution in [0.5, 0.6) is 0 Å². The van der Waals surface area contributed by atoms with Crippen LogP contribution in [0.2, 0.25) is 5.02 Å². The Kier molecular flexibility index (Phi) is 8.00. The molecule has 2 amide bonds. The highest BCUT2D eigenvalue weighted by molar-refractivity contribution is 7.10. The molecule has 0 spiro atoms. The van der Waals surface area contributed by atoms with Gasteiger partial charge in [-0.25, -0.2) is 0 Å². The van der Waals surface area contributed by atoms with Crippen molar-refractivity contribution in [2.45, 2.75) is 56.8 Å². The van der Waals surface area contributed by atoms with Crippen molar-refractivity contribution in [2.75, 3.05) is 6.54 Å². The second-order valence-electron chi connectivity index (χ2n) is 7.63. The molecule has 9 heteroatoms. The fourth-order valence-electron chi connectivity index (χ4n) is 3.81. The van der Waals surface area contributed by atoms with Crippen molar-refractivity contribution in [1.29, 1.82) is 0 Å². The number of rotatable bonds is 7. The van der Waals surface area contributed by atoms with E-state index in [9.17, 15) is 22.8 Å². The number of carbonyl (C=O) groups is 2. The van der Waals surface area contributed by atoms with Gasteiger partial charge in [0, 0.05) is 22.5 Å². The van der Waals surface area contributed by atoms with Crippen LogP contribution in [-0.2, 0) is 16.0 Å². The van der Waals surface area contributed by atoms with E-state index in [4.69, 9.17) is 11.6 Å². The lowest BCUT2D eigenvalue weighted by Crippen LogP contribution is -2.50. The van der Waals surface area contributed by atoms with E-state index < -0.39 is 24.0 Å². The van der Waals surface area contributed by atoms with Gasteiger partial charge in [-0.05, 0) is 48.4 Å². The summed E-state index contributed by atoms with van der Waals surface area (Å²) in [7, 11) is 0. The molecule has 1 aromatic heterocycles. The normalized spacial score (nSPS) is 16.0. The number of alkyl halides is 3. The standard InChI is InChI=1S/C22H24ClF3N2O2S/c23-16-10-8-15(9-11-16)12-13-28(21(30)22(24,25)26)19(18-7-4-14-31-18)20(29)27-17-5-2-1-3-6-17/h4,7-11,14,17,19H,1-3,5-6,12-13H2,(H,27,29). The maximum absolute atomic E-state index is 13.5. The SMILES string of the molecule is O=C(NC1CCCCC1)C(c1cccs1)N(CCc1ccc(Cl)cc1)C(=O)C(F)(F)F. The Hall–Kier alpha value is -2.06. The largest absolute Gasteiger partial charge is 0.471 e. The van der Waals surface area contributed by atoms with E-state index in [1.165, 1.54) is 0 Å². The van der Waals surface area contributed by atoms with Gasteiger partial charge < -0.3 is 10.2 Å². The van der Waals surface area contributed by atoms with E-state index in [-0.39, 0.29) is 19.0 Å². The first kappa shape index (κ1) is 23.6. The lowest BCUT2D eigenvalue weighted by atomic mass is 9.95. The fourth-order valence-corrected chi connectivity index (χ4v) is 4.77. The first-order valence-corrected chi connectivity index (χ1v) is 11.5. The van der Waals surface area contributed by atoms with E-state index in [0.717, 1.165) is 49.0 Å². The molecule has 31 heavy (non-hydrogen) atoms. The minimum atomic E-state index is -5.08. The smallest absolute Gasteiger partial charge is 0.351 e. The van der Waals surface area contributed by atoms with Crippen molar-refractivity contribution in [3.8, 4) is 0 Å². The molecule has 1 saturated carbocycles. The molecule has 0 radical (unpaired) electrons. The molecule has 1 aliphatic carbocycles. The Labute approximate surface area is 188 Å². The average molecular weight is 473 g/mol. The summed E-state index contributed by atoms with van der Waals surface area (Å²) < 4.78 is 40.4. The molecule has 2 aromatic rings. The van der Waals surface area contributed by atoms with Crippen molar-refractivity contribution in [3.63, 3.8) is 0 Å². The van der Waals surface area contributed by atoms with Crippen LogP contribution < -0.4 is 5.32 Å². The summed E-state index contributed by atoms with van der Waals surface area (Å²) in [5.74, 6) is -2.58. The zero-order chi connectivity index (χ0) is 22.4. The van der Waals surface area contributed by atoms with Crippen molar-refractivity contribution < 1.29 is 22.8 Å². The van der Waals surface area contributed by atoms with Gasteiger partial charge >= 0.3 is 12.1 Å². The van der Waals surface area contributed by atoms with E-state index in [2.05, 4.69) is 5.32 Å². The van der Waals surface area contributed by atoms with Crippen LogP contribution in [0, 0.1) is 0 Å². The number of amides is 2. The van der Waals surface area contributed by atoms with Crippen LogP contribution in [-0.4, -0.2) is 35.5 Å². The van der Waals surface area contributed by atoms with Crippen molar-refractivity contribution >= 4 is 34.8 Å². The predicted molar refractivity (Wildman–Crippen MR) is 115 cm³/mol. The highest BCUT2D eigenvalue weighted by Gasteiger charge is 2.46. The summed E-state index contributed by atoms with van der Waals surface area (Å²) in [6.07, 6.45) is -0.312. The van der Waals surface area contributed by atoms with Gasteiger partial charge in [0.2, 0.25) is 5.91 Å². The molecule has 1 N–H and O–H groups in total. The van der Waals surface area contributed by atoms with Gasteiger partial charge in [-0.1, -0.05) is 49.1 Å². The van der Waals surface area contributed by atoms with Crippen LogP contribution in [0.3, 0.4) is 0 Å². The number of nitrogens with one attached hydrogen (secondary N) is 1. The first-order valence-electron chi connectivity index (χ1n) is 10.2. The van der Waals surface area contributed by atoms with Gasteiger partial charge in [0.1, 0.15) is 6.04 Å². The number of hydrogen-bond acceptors (Lipinski definition) is 3. The fraction of sp³-hybridized carbons (Fsp3) is 0.455. The van der Waals surface area contributed by atoms with Crippen LogP contribution in [0.25, 0.3) is 0 Å². The lowest BCUT2D eigenvalue weighted by Gasteiger charge is -2.33. The second kappa shape index (κ2) is 10.5. The molecule has 1 fully saturated rings. The minimum Gasteiger partial charge on any atom is -0.351 e. The maximum atomic E-state index is 13.5. The summed E-state index contributed by atoms with van der Waals surface area (Å²) in [4.78, 5) is 26.6. The molecule has 0 bridgehead atoms. The monoisotopic (exact) mass is 472 g/mol. The molecule has 0 aliphatic heterocycles. The number of nitrogens with zero attached hydrogens (tertiary/aromatic N) is 1. The molecule has 1 heterocycles. The van der Waals surface area contributed by atoms with E-state index in [1.807, 2.05) is 0 Å². The molecule has 1 atom stereocenters. The lowest BCUT2D eigenvalue weighted by molar-refractivity contribution is -0.188. The third kappa shape index (κ3) is 6.46. The Morgan fingerprint density at radius 1 is 1.13 bits per heavy atom. The number of carbonyl (C=O) groups excluding carboxylic acids is 2. The van der Waals surface area contributed by atoms with Gasteiger partial charge in [0.25, 0.3) is 0 Å². The molecule has 168 valence electrons. The van der Waals surface area contributed by atoms with Gasteiger partial charge in [0.15, 0.2) is 0 Å². The third-order valence-corrected chi connectivity index (χ3v) is 6.56. The number of hydrogen-bond donors (Lipinski definition) is 1. The van der Waals surface area contributed by atoms with Crippen molar-refractivity contribution in [3.05, 3.63) is 57.2 Å². The van der Waals surface area contributed by atoms with Gasteiger partial charge in [0.05, 0.1) is 0 Å². The van der Waals surface area contributed by atoms with Crippen LogP contribution in [0.1, 0.15) is 48.6 Å². The van der Waals surface area contributed by atoms with Gasteiger partial charge in [-0.3, -0.25) is 9.59 Å². The zero-order valence-corrected chi connectivity index (χ0v) is 18.4. The topological polar surface area (TPSA) is 49.4 Å². The minimum absolute atomic E-state index is 0.0807. The van der Waals surface area contributed by atoms with Crippen LogP contribution in [0.15, 0.2) is 41.8 Å². The third-order valence-electron chi connectivity index (χ3n) is 5.38. The van der Waals surface area contributed by atoms with Crippen molar-refractivity contribution in [2.24, 2.45) is 0 Å². The molecular formula is C22H24ClF3N2O2S. The van der Waals surface area contributed by atoms with E-state index in [1.54, 1.807) is 41.8 Å². The highest BCUT2D eigenvalue weighted by Crippen LogP contribution is 2.31. The Bertz CT molecular complexity index is 866. The molecule has 3 rings (SSSR count). The zero-order valence-electron chi connectivity index (χ0n) is 16.8. The molecule has 1 unspecified atom stereocenters. The van der Waals surface area contributed by atoms with Gasteiger partial charge in [-0.15, -0.1) is 11.3 Å². The van der Waals surface area contributed by atoms with Crippen LogP contribution in [0.4, 0.5) is 13.2 Å². The Morgan fingerprint density at radius 3 is 2.39 bits per heavy atom. The number of thiophene rings is 1. The maximum Gasteiger partial charge on any atom is 0.471 e. The number of halogens is 4.